The smallest absolute Gasteiger partial charge is 0.329 e. The van der Waals surface area contributed by atoms with E-state index in [1.165, 1.54) is 14.7 Å². The minimum atomic E-state index is -1.44. The predicted molar refractivity (Wildman–Crippen MR) is 186 cm³/mol. The Bertz CT molecular complexity index is 1610. The van der Waals surface area contributed by atoms with Crippen molar-refractivity contribution in [3.63, 3.8) is 0 Å². The first kappa shape index (κ1) is 34.4. The Kier molecular flexibility index (Phi) is 11.0. The molecule has 4 aromatic rings. The number of hydrogen-bond donors (Lipinski definition) is 2. The van der Waals surface area contributed by atoms with Gasteiger partial charge in [-0.25, -0.2) is 9.59 Å². The second kappa shape index (κ2) is 15.3. The third kappa shape index (κ3) is 7.94. The predicted octanol–water partition coefficient (Wildman–Crippen LogP) is 6.04. The minimum absolute atomic E-state index is 0.0385. The molecule has 1 aliphatic heterocycles. The van der Waals surface area contributed by atoms with E-state index in [1.807, 2.05) is 135 Å². The summed E-state index contributed by atoms with van der Waals surface area (Å²) in [5, 5.41) is 23.4. The third-order valence-corrected chi connectivity index (χ3v) is 9.20. The van der Waals surface area contributed by atoms with E-state index in [-0.39, 0.29) is 31.8 Å². The lowest BCUT2D eigenvalue weighted by atomic mass is 9.78. The zero-order chi connectivity index (χ0) is 34.3. The lowest BCUT2D eigenvalue weighted by Crippen LogP contribution is -2.61. The topological polar surface area (TPSA) is 101 Å². The van der Waals surface area contributed by atoms with Crippen LogP contribution in [0.3, 0.4) is 0 Å². The van der Waals surface area contributed by atoms with Crippen molar-refractivity contribution in [1.29, 1.82) is 0 Å². The molecule has 5 rings (SSSR count). The van der Waals surface area contributed by atoms with Gasteiger partial charge in [0.25, 0.3) is 0 Å². The first-order valence-electron chi connectivity index (χ1n) is 16.5. The van der Waals surface area contributed by atoms with E-state index in [4.69, 9.17) is 0 Å². The van der Waals surface area contributed by atoms with E-state index >= 15 is 0 Å². The van der Waals surface area contributed by atoms with E-state index in [0.717, 1.165) is 22.3 Å². The fraction of sp³-hybridized carbons (Fsp3) is 0.325. The SMILES string of the molecule is CC(C)CC(N(C)C(=O)C1C(C(=O)O)N(Cc2ccccc2)C(=O)N1Cc1ccccc1)C(O)(Cc1ccccc1)Cc1ccccc1. The number of aliphatic carboxylic acids is 1. The third-order valence-electron chi connectivity index (χ3n) is 9.20. The van der Waals surface area contributed by atoms with Gasteiger partial charge in [0, 0.05) is 33.0 Å². The number of carbonyl (C=O) groups is 3. The number of likely N-dealkylation sites (N-methyl/N-ethyl adjacent to an activating group) is 1. The molecule has 48 heavy (non-hydrogen) atoms. The number of carboxylic acids is 1. The summed E-state index contributed by atoms with van der Waals surface area (Å²) >= 11 is 0. The number of urea groups is 1. The summed E-state index contributed by atoms with van der Waals surface area (Å²) in [5.74, 6) is -1.68. The lowest BCUT2D eigenvalue weighted by molar-refractivity contribution is -0.152. The highest BCUT2D eigenvalue weighted by Gasteiger charge is 2.55. The van der Waals surface area contributed by atoms with Crippen molar-refractivity contribution in [1.82, 2.24) is 14.7 Å². The van der Waals surface area contributed by atoms with Crippen LogP contribution in [0.25, 0.3) is 0 Å². The standard InChI is InChI=1S/C40H45N3O5/c1-29(2)24-34(40(48,25-30-16-8-4-9-17-30)26-31-18-10-5-11-19-31)41(3)37(44)35-36(38(45)46)43(28-33-22-14-7-15-23-33)39(47)42(35)27-32-20-12-6-13-21-32/h4-23,29,34-36,48H,24-28H2,1-3H3,(H,45,46). The van der Waals surface area contributed by atoms with E-state index in [9.17, 15) is 24.6 Å². The Morgan fingerprint density at radius 1 is 0.688 bits per heavy atom. The minimum Gasteiger partial charge on any atom is -0.480 e. The number of nitrogens with zero attached hydrogens (tertiary/aromatic N) is 3. The second-order valence-electron chi connectivity index (χ2n) is 13.3. The fourth-order valence-corrected chi connectivity index (χ4v) is 6.92. The molecule has 8 nitrogen and oxygen atoms in total. The molecule has 3 amide bonds. The average molecular weight is 648 g/mol. The van der Waals surface area contributed by atoms with Crippen LogP contribution >= 0.6 is 0 Å². The summed E-state index contributed by atoms with van der Waals surface area (Å²) in [6, 6.07) is 33.9. The molecule has 1 heterocycles. The summed E-state index contributed by atoms with van der Waals surface area (Å²) in [6.45, 7) is 4.18. The maximum Gasteiger partial charge on any atom is 0.329 e. The average Bonchev–Trinajstić information content (AvgIpc) is 3.35. The van der Waals surface area contributed by atoms with Gasteiger partial charge in [0.05, 0.1) is 11.6 Å². The number of hydrogen-bond acceptors (Lipinski definition) is 4. The van der Waals surface area contributed by atoms with Gasteiger partial charge in [-0.2, -0.15) is 0 Å². The van der Waals surface area contributed by atoms with Gasteiger partial charge in [-0.3, -0.25) is 4.79 Å². The Morgan fingerprint density at radius 2 is 1.06 bits per heavy atom. The molecule has 1 aliphatic rings. The monoisotopic (exact) mass is 647 g/mol. The molecule has 0 radical (unpaired) electrons. The molecular formula is C40H45N3O5. The number of rotatable bonds is 14. The molecule has 3 unspecified atom stereocenters. The van der Waals surface area contributed by atoms with Crippen LogP contribution in [0.1, 0.15) is 42.5 Å². The summed E-state index contributed by atoms with van der Waals surface area (Å²) in [4.78, 5) is 46.3. The van der Waals surface area contributed by atoms with E-state index in [1.54, 1.807) is 7.05 Å². The summed E-state index contributed by atoms with van der Waals surface area (Å²) < 4.78 is 0. The zero-order valence-electron chi connectivity index (χ0n) is 27.9. The second-order valence-corrected chi connectivity index (χ2v) is 13.3. The van der Waals surface area contributed by atoms with Crippen molar-refractivity contribution in [2.45, 2.75) is 69.9 Å². The maximum absolute atomic E-state index is 14.9. The molecule has 250 valence electrons. The van der Waals surface area contributed by atoms with Crippen LogP contribution < -0.4 is 0 Å². The Hall–Kier alpha value is -4.95. The molecule has 1 saturated heterocycles. The van der Waals surface area contributed by atoms with Crippen molar-refractivity contribution in [2.24, 2.45) is 5.92 Å². The van der Waals surface area contributed by atoms with Gasteiger partial charge in [-0.05, 0) is 34.6 Å². The van der Waals surface area contributed by atoms with Gasteiger partial charge >= 0.3 is 12.0 Å². The summed E-state index contributed by atoms with van der Waals surface area (Å²) in [7, 11) is 1.64. The van der Waals surface area contributed by atoms with Gasteiger partial charge in [0.1, 0.15) is 6.04 Å². The quantitative estimate of drug-likeness (QED) is 0.174. The molecule has 4 aromatic carbocycles. The number of carboxylic acid groups (broad SMARTS) is 1. The number of benzene rings is 4. The van der Waals surface area contributed by atoms with Crippen molar-refractivity contribution in [3.8, 4) is 0 Å². The molecule has 1 fully saturated rings. The first-order valence-corrected chi connectivity index (χ1v) is 16.5. The van der Waals surface area contributed by atoms with Crippen molar-refractivity contribution >= 4 is 17.9 Å². The molecule has 0 bridgehead atoms. The molecule has 2 N–H and O–H groups in total. The number of amides is 3. The Balaban J connectivity index is 1.57. The van der Waals surface area contributed by atoms with Gasteiger partial charge in [-0.1, -0.05) is 135 Å². The maximum atomic E-state index is 14.9. The van der Waals surface area contributed by atoms with E-state index < -0.39 is 41.6 Å². The van der Waals surface area contributed by atoms with Crippen LogP contribution in [0.5, 0.6) is 0 Å². The molecule has 0 aliphatic carbocycles. The molecule has 0 aromatic heterocycles. The normalized spacial score (nSPS) is 17.1. The van der Waals surface area contributed by atoms with E-state index in [2.05, 4.69) is 0 Å². The highest BCUT2D eigenvalue weighted by atomic mass is 16.4. The van der Waals surface area contributed by atoms with Crippen LogP contribution in [0.15, 0.2) is 121 Å². The first-order chi connectivity index (χ1) is 23.1. The van der Waals surface area contributed by atoms with Crippen LogP contribution in [0.2, 0.25) is 0 Å². The molecule has 3 atom stereocenters. The van der Waals surface area contributed by atoms with Gasteiger partial charge in [0.2, 0.25) is 5.91 Å². The van der Waals surface area contributed by atoms with Gasteiger partial charge in [0.15, 0.2) is 6.04 Å². The molecule has 0 spiro atoms. The Labute approximate surface area is 283 Å². The Morgan fingerprint density at radius 3 is 1.44 bits per heavy atom. The largest absolute Gasteiger partial charge is 0.480 e. The zero-order valence-corrected chi connectivity index (χ0v) is 27.9. The van der Waals surface area contributed by atoms with E-state index in [0.29, 0.717) is 6.42 Å². The van der Waals surface area contributed by atoms with Crippen LogP contribution in [0.4, 0.5) is 4.79 Å². The number of carbonyl (C=O) groups excluding carboxylic acids is 2. The molecule has 0 saturated carbocycles. The fourth-order valence-electron chi connectivity index (χ4n) is 6.92. The highest BCUT2D eigenvalue weighted by Crippen LogP contribution is 2.34. The highest BCUT2D eigenvalue weighted by molar-refractivity contribution is 5.98. The molecular weight excluding hydrogens is 602 g/mol. The van der Waals surface area contributed by atoms with Gasteiger partial charge in [-0.15, -0.1) is 0 Å². The van der Waals surface area contributed by atoms with Crippen LogP contribution in [0, 0.1) is 5.92 Å². The lowest BCUT2D eigenvalue weighted by Gasteiger charge is -2.44. The summed E-state index contributed by atoms with van der Waals surface area (Å²) in [5.41, 5.74) is 1.97. The van der Waals surface area contributed by atoms with Crippen LogP contribution in [-0.4, -0.2) is 73.6 Å². The van der Waals surface area contributed by atoms with Crippen molar-refractivity contribution in [2.75, 3.05) is 7.05 Å². The van der Waals surface area contributed by atoms with Crippen molar-refractivity contribution < 1.29 is 24.6 Å². The summed E-state index contributed by atoms with van der Waals surface area (Å²) in [6.07, 6.45) is 1.01. The van der Waals surface area contributed by atoms with Gasteiger partial charge < -0.3 is 24.9 Å². The molecule has 8 heteroatoms. The van der Waals surface area contributed by atoms with Crippen molar-refractivity contribution in [3.05, 3.63) is 144 Å². The van der Waals surface area contributed by atoms with Crippen LogP contribution in [-0.2, 0) is 35.5 Å². The number of aliphatic hydroxyl groups is 1.